The van der Waals surface area contributed by atoms with Gasteiger partial charge in [-0.1, -0.05) is 11.6 Å². The molecule has 0 saturated carbocycles. The number of esters is 1. The first-order valence-corrected chi connectivity index (χ1v) is 5.47. The summed E-state index contributed by atoms with van der Waals surface area (Å²) in [5.74, 6) is -0.0155. The van der Waals surface area contributed by atoms with Gasteiger partial charge in [-0.15, -0.1) is 0 Å². The van der Waals surface area contributed by atoms with Crippen LogP contribution in [0.3, 0.4) is 0 Å². The van der Waals surface area contributed by atoms with Gasteiger partial charge in [0.2, 0.25) is 0 Å². The number of pyridine rings is 1. The highest BCUT2D eigenvalue weighted by atomic mass is 35.5. The van der Waals surface area contributed by atoms with Crippen molar-refractivity contribution in [3.8, 4) is 5.75 Å². The van der Waals surface area contributed by atoms with Gasteiger partial charge in [-0.2, -0.15) is 0 Å². The predicted octanol–water partition coefficient (Wildman–Crippen LogP) is 2.27. The van der Waals surface area contributed by atoms with Crippen LogP contribution >= 0.6 is 11.6 Å². The van der Waals surface area contributed by atoms with Crippen LogP contribution in [0.15, 0.2) is 18.3 Å². The van der Waals surface area contributed by atoms with Gasteiger partial charge in [0.25, 0.3) is 0 Å². The normalized spacial score (nSPS) is 10.4. The first-order chi connectivity index (χ1) is 8.60. The van der Waals surface area contributed by atoms with E-state index in [-0.39, 0.29) is 11.3 Å². The van der Waals surface area contributed by atoms with Crippen LogP contribution in [0.2, 0.25) is 5.02 Å². The molecule has 0 unspecified atom stereocenters. The van der Waals surface area contributed by atoms with Crippen LogP contribution in [-0.4, -0.2) is 25.2 Å². The largest absolute Gasteiger partial charge is 0.494 e. The number of nitrogens with zero attached hydrogens (tertiary/aromatic N) is 1. The molecule has 2 rings (SSSR count). The number of aromatic nitrogens is 1. The van der Waals surface area contributed by atoms with Crippen LogP contribution in [-0.2, 0) is 4.74 Å². The van der Waals surface area contributed by atoms with E-state index in [0.717, 1.165) is 0 Å². The van der Waals surface area contributed by atoms with Crippen molar-refractivity contribution in [3.63, 3.8) is 0 Å². The van der Waals surface area contributed by atoms with Crippen molar-refractivity contribution in [1.82, 2.24) is 4.98 Å². The molecule has 0 saturated heterocycles. The zero-order valence-electron chi connectivity index (χ0n) is 9.86. The lowest BCUT2D eigenvalue weighted by molar-refractivity contribution is 0.0601. The quantitative estimate of drug-likeness (QED) is 0.844. The Morgan fingerprint density at radius 2 is 2.11 bits per heavy atom. The second-order valence-corrected chi connectivity index (χ2v) is 3.96. The Balaban J connectivity index is 2.82. The van der Waals surface area contributed by atoms with Crippen LogP contribution in [0.25, 0.3) is 10.9 Å². The Bertz CT molecular complexity index is 628. The van der Waals surface area contributed by atoms with Gasteiger partial charge in [-0.05, 0) is 12.1 Å². The zero-order valence-corrected chi connectivity index (χ0v) is 10.6. The summed E-state index contributed by atoms with van der Waals surface area (Å²) in [6, 6.07) is 3.33. The number of nitrogen functional groups attached to an aromatic ring is 1. The summed E-state index contributed by atoms with van der Waals surface area (Å²) >= 11 is 6.08. The number of nitrogens with two attached hydrogens (primary N) is 1. The van der Waals surface area contributed by atoms with Crippen molar-refractivity contribution < 1.29 is 14.3 Å². The third kappa shape index (κ3) is 1.82. The molecule has 1 aromatic carbocycles. The molecule has 1 heterocycles. The van der Waals surface area contributed by atoms with Crippen molar-refractivity contribution in [2.75, 3.05) is 20.0 Å². The molecule has 2 N–H and O–H groups in total. The molecule has 0 radical (unpaired) electrons. The lowest BCUT2D eigenvalue weighted by Crippen LogP contribution is -2.07. The number of anilines is 1. The predicted molar refractivity (Wildman–Crippen MR) is 69.1 cm³/mol. The molecule has 0 bridgehead atoms. The van der Waals surface area contributed by atoms with Crippen molar-refractivity contribution in [1.29, 1.82) is 0 Å². The van der Waals surface area contributed by atoms with E-state index in [0.29, 0.717) is 21.7 Å². The van der Waals surface area contributed by atoms with Crippen LogP contribution in [0.1, 0.15) is 10.4 Å². The maximum Gasteiger partial charge on any atom is 0.341 e. The summed E-state index contributed by atoms with van der Waals surface area (Å²) in [5.41, 5.74) is 6.86. The number of halogens is 1. The molecule has 0 atom stereocenters. The molecule has 0 fully saturated rings. The van der Waals surface area contributed by atoms with Gasteiger partial charge in [0, 0.05) is 11.6 Å². The van der Waals surface area contributed by atoms with Crippen molar-refractivity contribution >= 4 is 34.2 Å². The number of methoxy groups -OCH3 is 2. The highest BCUT2D eigenvalue weighted by Crippen LogP contribution is 2.35. The Morgan fingerprint density at radius 3 is 2.72 bits per heavy atom. The Kier molecular flexibility index (Phi) is 3.25. The summed E-state index contributed by atoms with van der Waals surface area (Å²) in [6.45, 7) is 0. The topological polar surface area (TPSA) is 74.4 Å². The van der Waals surface area contributed by atoms with E-state index in [9.17, 15) is 4.79 Å². The van der Waals surface area contributed by atoms with Gasteiger partial charge in [0.15, 0.2) is 0 Å². The molecule has 2 aromatic rings. The fraction of sp³-hybridized carbons (Fsp3) is 0.167. The third-order valence-corrected chi connectivity index (χ3v) is 2.91. The zero-order chi connectivity index (χ0) is 13.3. The monoisotopic (exact) mass is 266 g/mol. The average molecular weight is 267 g/mol. The lowest BCUT2D eigenvalue weighted by Gasteiger charge is -2.10. The molecule has 18 heavy (non-hydrogen) atoms. The molecular weight excluding hydrogens is 256 g/mol. The smallest absolute Gasteiger partial charge is 0.341 e. The average Bonchev–Trinajstić information content (AvgIpc) is 2.38. The number of fused-ring (bicyclic) bond motifs is 1. The molecular formula is C12H11ClN2O3. The number of hydrogen-bond donors (Lipinski definition) is 1. The first-order valence-electron chi connectivity index (χ1n) is 5.09. The molecule has 0 amide bonds. The highest BCUT2D eigenvalue weighted by molar-refractivity contribution is 6.37. The van der Waals surface area contributed by atoms with E-state index < -0.39 is 5.97 Å². The molecule has 6 heteroatoms. The molecule has 5 nitrogen and oxygen atoms in total. The summed E-state index contributed by atoms with van der Waals surface area (Å²) in [5, 5.41) is 0.889. The second kappa shape index (κ2) is 4.70. The number of carbonyl (C=O) groups excluding carboxylic acids is 1. The lowest BCUT2D eigenvalue weighted by atomic mass is 10.1. The summed E-state index contributed by atoms with van der Waals surface area (Å²) in [7, 11) is 2.80. The van der Waals surface area contributed by atoms with Crippen LogP contribution < -0.4 is 10.5 Å². The minimum Gasteiger partial charge on any atom is -0.494 e. The maximum atomic E-state index is 11.5. The maximum absolute atomic E-state index is 11.5. The fourth-order valence-electron chi connectivity index (χ4n) is 1.70. The number of rotatable bonds is 2. The van der Waals surface area contributed by atoms with Gasteiger partial charge in [-0.3, -0.25) is 4.98 Å². The van der Waals surface area contributed by atoms with E-state index in [1.54, 1.807) is 12.1 Å². The van der Waals surface area contributed by atoms with Crippen molar-refractivity contribution in [3.05, 3.63) is 28.9 Å². The molecule has 0 aliphatic rings. The second-order valence-electron chi connectivity index (χ2n) is 3.55. The number of carbonyl (C=O) groups is 1. The fourth-order valence-corrected chi connectivity index (χ4v) is 1.96. The standard InChI is InChI=1S/C12H11ClN2O3/c1-17-8-4-3-7(13)9-10(14)6(12(16)18-2)5-15-11(8)9/h3-5H,1-2H3,(H2,14,15). The van der Waals surface area contributed by atoms with E-state index in [2.05, 4.69) is 9.72 Å². The molecule has 94 valence electrons. The Morgan fingerprint density at radius 1 is 1.39 bits per heavy atom. The minimum absolute atomic E-state index is 0.181. The van der Waals surface area contributed by atoms with Gasteiger partial charge in [0.05, 0.1) is 24.9 Å². The molecule has 0 aliphatic heterocycles. The third-order valence-electron chi connectivity index (χ3n) is 2.60. The van der Waals surface area contributed by atoms with E-state index in [1.807, 2.05) is 0 Å². The molecule has 0 aliphatic carbocycles. The minimum atomic E-state index is -0.555. The SMILES string of the molecule is COC(=O)c1cnc2c(OC)ccc(Cl)c2c1N. The van der Waals surface area contributed by atoms with Gasteiger partial charge >= 0.3 is 5.97 Å². The number of ether oxygens (including phenoxy) is 2. The van der Waals surface area contributed by atoms with Crippen LogP contribution in [0.4, 0.5) is 5.69 Å². The Hall–Kier alpha value is -2.01. The highest BCUT2D eigenvalue weighted by Gasteiger charge is 2.17. The molecule has 1 aromatic heterocycles. The van der Waals surface area contributed by atoms with Crippen molar-refractivity contribution in [2.45, 2.75) is 0 Å². The number of benzene rings is 1. The van der Waals surface area contributed by atoms with Gasteiger partial charge < -0.3 is 15.2 Å². The summed E-state index contributed by atoms with van der Waals surface area (Å²) in [4.78, 5) is 15.7. The van der Waals surface area contributed by atoms with Crippen molar-refractivity contribution in [2.24, 2.45) is 0 Å². The van der Waals surface area contributed by atoms with E-state index in [1.165, 1.54) is 20.4 Å². The van der Waals surface area contributed by atoms with Crippen LogP contribution in [0, 0.1) is 0 Å². The van der Waals surface area contributed by atoms with Gasteiger partial charge in [-0.25, -0.2) is 4.79 Å². The Labute approximate surface area is 108 Å². The summed E-state index contributed by atoms with van der Waals surface area (Å²) < 4.78 is 9.80. The number of hydrogen-bond acceptors (Lipinski definition) is 5. The van der Waals surface area contributed by atoms with Gasteiger partial charge in [0.1, 0.15) is 16.8 Å². The first kappa shape index (κ1) is 12.4. The van der Waals surface area contributed by atoms with Crippen LogP contribution in [0.5, 0.6) is 5.75 Å². The molecule has 0 spiro atoms. The van der Waals surface area contributed by atoms with E-state index >= 15 is 0 Å². The van der Waals surface area contributed by atoms with E-state index in [4.69, 9.17) is 22.1 Å². The summed E-state index contributed by atoms with van der Waals surface area (Å²) in [6.07, 6.45) is 1.35.